The summed E-state index contributed by atoms with van der Waals surface area (Å²) in [6.45, 7) is 5.86. The van der Waals surface area contributed by atoms with Crippen LogP contribution in [0.5, 0.6) is 5.75 Å². The second-order valence-corrected chi connectivity index (χ2v) is 4.35. The van der Waals surface area contributed by atoms with Crippen LogP contribution in [-0.4, -0.2) is 25.1 Å². The topological polar surface area (TPSA) is 55.6 Å². The van der Waals surface area contributed by atoms with E-state index < -0.39 is 0 Å². The van der Waals surface area contributed by atoms with Gasteiger partial charge in [0.1, 0.15) is 5.75 Å². The summed E-state index contributed by atoms with van der Waals surface area (Å²) in [7, 11) is 3.16. The van der Waals surface area contributed by atoms with Crippen LogP contribution in [0.3, 0.4) is 0 Å². The number of nitrogens with zero attached hydrogens (tertiary/aromatic N) is 1. The number of nitrogens with two attached hydrogens (primary N) is 1. The van der Waals surface area contributed by atoms with Crippen LogP contribution < -0.4 is 10.6 Å². The minimum Gasteiger partial charge on any atom is -0.496 e. The van der Waals surface area contributed by atoms with Gasteiger partial charge in [-0.3, -0.25) is 9.80 Å². The minimum absolute atomic E-state index is 0.133. The molecule has 0 aliphatic rings. The van der Waals surface area contributed by atoms with Crippen LogP contribution in [0.4, 0.5) is 0 Å². The number of likely N-dealkylation sites (N-methyl/N-ethyl adjacent to an activating group) is 1. The van der Waals surface area contributed by atoms with E-state index in [4.69, 9.17) is 10.6 Å². The molecule has 0 spiro atoms. The van der Waals surface area contributed by atoms with E-state index in [1.807, 2.05) is 32.9 Å². The number of ether oxygens (including phenoxy) is 1. The lowest BCUT2D eigenvalue weighted by atomic mass is 9.95. The van der Waals surface area contributed by atoms with Crippen molar-refractivity contribution in [1.82, 2.24) is 5.01 Å². The van der Waals surface area contributed by atoms with Crippen molar-refractivity contribution in [2.75, 3.05) is 14.2 Å². The van der Waals surface area contributed by atoms with Gasteiger partial charge in [-0.2, -0.15) is 0 Å². The molecule has 1 rings (SSSR count). The summed E-state index contributed by atoms with van der Waals surface area (Å²) in [5.41, 5.74) is 3.16. The third kappa shape index (κ3) is 2.77. The monoisotopic (exact) mass is 236 g/mol. The summed E-state index contributed by atoms with van der Waals surface area (Å²) in [5, 5.41) is 1.11. The Bertz CT molecular complexity index is 428. The average Bonchev–Trinajstić information content (AvgIpc) is 2.29. The van der Waals surface area contributed by atoms with Crippen LogP contribution >= 0.6 is 0 Å². The van der Waals surface area contributed by atoms with Crippen molar-refractivity contribution >= 4 is 5.91 Å². The quantitative estimate of drug-likeness (QED) is 0.494. The molecular weight excluding hydrogens is 216 g/mol. The summed E-state index contributed by atoms with van der Waals surface area (Å²) >= 11 is 0. The summed E-state index contributed by atoms with van der Waals surface area (Å²) < 4.78 is 5.32. The lowest BCUT2D eigenvalue weighted by Gasteiger charge is -2.20. The zero-order valence-electron chi connectivity index (χ0n) is 11.1. The Labute approximate surface area is 102 Å². The van der Waals surface area contributed by atoms with Crippen molar-refractivity contribution in [3.05, 3.63) is 28.8 Å². The molecule has 94 valence electrons. The Kier molecular flexibility index (Phi) is 4.12. The van der Waals surface area contributed by atoms with E-state index in [-0.39, 0.29) is 11.8 Å². The van der Waals surface area contributed by atoms with Gasteiger partial charge in [0.05, 0.1) is 13.0 Å². The predicted octanol–water partition coefficient (Wildman–Crippen LogP) is 1.75. The van der Waals surface area contributed by atoms with Crippen LogP contribution in [0, 0.1) is 13.8 Å². The van der Waals surface area contributed by atoms with E-state index in [0.717, 1.165) is 27.4 Å². The molecule has 4 nitrogen and oxygen atoms in total. The molecule has 0 saturated carbocycles. The first-order valence-electron chi connectivity index (χ1n) is 5.55. The Morgan fingerprint density at radius 2 is 1.88 bits per heavy atom. The summed E-state index contributed by atoms with van der Waals surface area (Å²) in [5.74, 6) is 5.77. The first kappa shape index (κ1) is 13.5. The maximum atomic E-state index is 11.9. The Hall–Kier alpha value is -1.55. The first-order valence-corrected chi connectivity index (χ1v) is 5.55. The predicted molar refractivity (Wildman–Crippen MR) is 67.8 cm³/mol. The van der Waals surface area contributed by atoms with Gasteiger partial charge in [0, 0.05) is 12.6 Å². The van der Waals surface area contributed by atoms with Crippen LogP contribution in [0.25, 0.3) is 0 Å². The Balaban J connectivity index is 3.21. The fourth-order valence-electron chi connectivity index (χ4n) is 1.77. The number of rotatable bonds is 3. The van der Waals surface area contributed by atoms with Crippen molar-refractivity contribution in [2.24, 2.45) is 5.84 Å². The molecule has 17 heavy (non-hydrogen) atoms. The van der Waals surface area contributed by atoms with Gasteiger partial charge in [-0.1, -0.05) is 6.07 Å². The van der Waals surface area contributed by atoms with Crippen molar-refractivity contribution < 1.29 is 9.53 Å². The fraction of sp³-hybridized carbons (Fsp3) is 0.462. The minimum atomic E-state index is -0.306. The van der Waals surface area contributed by atoms with Gasteiger partial charge in [-0.15, -0.1) is 0 Å². The molecule has 1 aromatic rings. The van der Waals surface area contributed by atoms with Crippen molar-refractivity contribution in [3.63, 3.8) is 0 Å². The molecule has 0 aliphatic carbocycles. The number of carbonyl (C=O) groups is 1. The highest BCUT2D eigenvalue weighted by Crippen LogP contribution is 2.30. The Morgan fingerprint density at radius 3 is 2.35 bits per heavy atom. The second-order valence-electron chi connectivity index (χ2n) is 4.35. The molecule has 1 aromatic carbocycles. The van der Waals surface area contributed by atoms with Gasteiger partial charge in [-0.25, -0.2) is 5.84 Å². The summed E-state index contributed by atoms with van der Waals surface area (Å²) in [4.78, 5) is 11.9. The van der Waals surface area contributed by atoms with Crippen LogP contribution in [-0.2, 0) is 4.79 Å². The highest BCUT2D eigenvalue weighted by molar-refractivity contribution is 5.83. The average molecular weight is 236 g/mol. The largest absolute Gasteiger partial charge is 0.496 e. The van der Waals surface area contributed by atoms with Crippen molar-refractivity contribution in [2.45, 2.75) is 26.7 Å². The smallest absolute Gasteiger partial charge is 0.243 e. The zero-order valence-corrected chi connectivity index (χ0v) is 11.1. The maximum absolute atomic E-state index is 11.9. The van der Waals surface area contributed by atoms with Crippen LogP contribution in [0.15, 0.2) is 12.1 Å². The molecule has 4 heteroatoms. The highest BCUT2D eigenvalue weighted by Gasteiger charge is 2.21. The normalized spacial score (nSPS) is 12.1. The number of carbonyl (C=O) groups excluding carboxylic acids is 1. The number of hydrogen-bond acceptors (Lipinski definition) is 3. The summed E-state index contributed by atoms with van der Waals surface area (Å²) in [6.07, 6.45) is 0. The maximum Gasteiger partial charge on any atom is 0.243 e. The van der Waals surface area contributed by atoms with Gasteiger partial charge in [0.15, 0.2) is 0 Å². The molecule has 0 bridgehead atoms. The molecule has 0 radical (unpaired) electrons. The molecular formula is C13H20N2O2. The lowest BCUT2D eigenvalue weighted by Crippen LogP contribution is -2.36. The molecule has 1 unspecified atom stereocenters. The summed E-state index contributed by atoms with van der Waals surface area (Å²) in [6, 6.07) is 3.94. The molecule has 2 N–H and O–H groups in total. The number of benzene rings is 1. The van der Waals surface area contributed by atoms with Gasteiger partial charge >= 0.3 is 0 Å². The standard InChI is InChI=1S/C13H20N2O2/c1-8-6-11(10(3)13(16)15(4)14)12(17-5)7-9(8)2/h6-7,10H,14H2,1-5H3. The fourth-order valence-corrected chi connectivity index (χ4v) is 1.77. The first-order chi connectivity index (χ1) is 7.88. The molecule has 0 heterocycles. The Morgan fingerprint density at radius 1 is 1.35 bits per heavy atom. The van der Waals surface area contributed by atoms with Crippen molar-refractivity contribution in [3.8, 4) is 5.75 Å². The number of methoxy groups -OCH3 is 1. The molecule has 1 amide bonds. The number of hydrazine groups is 1. The number of aryl methyl sites for hydroxylation is 2. The SMILES string of the molecule is COc1cc(C)c(C)cc1C(C)C(=O)N(C)N. The van der Waals surface area contributed by atoms with E-state index >= 15 is 0 Å². The van der Waals surface area contributed by atoms with E-state index in [9.17, 15) is 4.79 Å². The van der Waals surface area contributed by atoms with Crippen molar-refractivity contribution in [1.29, 1.82) is 0 Å². The van der Waals surface area contributed by atoms with Gasteiger partial charge < -0.3 is 4.74 Å². The van der Waals surface area contributed by atoms with Crippen LogP contribution in [0.2, 0.25) is 0 Å². The molecule has 0 aliphatic heterocycles. The second kappa shape index (κ2) is 5.19. The van der Waals surface area contributed by atoms with E-state index in [2.05, 4.69) is 0 Å². The molecule has 0 saturated heterocycles. The van der Waals surface area contributed by atoms with Gasteiger partial charge in [0.2, 0.25) is 5.91 Å². The number of amides is 1. The van der Waals surface area contributed by atoms with E-state index in [0.29, 0.717) is 0 Å². The third-order valence-electron chi connectivity index (χ3n) is 3.03. The highest BCUT2D eigenvalue weighted by atomic mass is 16.5. The van der Waals surface area contributed by atoms with E-state index in [1.54, 1.807) is 14.2 Å². The number of hydrogen-bond donors (Lipinski definition) is 1. The molecule has 1 atom stereocenters. The molecule has 0 aromatic heterocycles. The van der Waals surface area contributed by atoms with Gasteiger partial charge in [0.25, 0.3) is 0 Å². The lowest BCUT2D eigenvalue weighted by molar-refractivity contribution is -0.131. The zero-order chi connectivity index (χ0) is 13.2. The third-order valence-corrected chi connectivity index (χ3v) is 3.03. The van der Waals surface area contributed by atoms with E-state index in [1.165, 1.54) is 0 Å². The van der Waals surface area contributed by atoms with Gasteiger partial charge in [-0.05, 0) is 38.0 Å². The van der Waals surface area contributed by atoms with Crippen LogP contribution in [0.1, 0.15) is 29.5 Å². The molecule has 0 fully saturated rings.